The molecule has 0 aliphatic rings. The number of thioether (sulfide) groups is 1. The van der Waals surface area contributed by atoms with E-state index in [1.54, 1.807) is 18.3 Å². The van der Waals surface area contributed by atoms with Crippen molar-refractivity contribution >= 4 is 34.7 Å². The quantitative estimate of drug-likeness (QED) is 0.496. The Kier molecular flexibility index (Phi) is 5.93. The summed E-state index contributed by atoms with van der Waals surface area (Å²) in [5.41, 5.74) is 7.22. The fourth-order valence-electron chi connectivity index (χ4n) is 1.18. The maximum atomic E-state index is 10.8. The van der Waals surface area contributed by atoms with Gasteiger partial charge in [0, 0.05) is 12.6 Å². The van der Waals surface area contributed by atoms with Gasteiger partial charge in [-0.3, -0.25) is 4.79 Å². The first-order valence-corrected chi connectivity index (χ1v) is 6.47. The SMILES string of the molecule is CCS/C(N)=N/N=C/c1ccc(NC(C)=O)cc1. The molecule has 5 nitrogen and oxygen atoms in total. The summed E-state index contributed by atoms with van der Waals surface area (Å²) in [5.74, 6) is 0.779. The van der Waals surface area contributed by atoms with Crippen LogP contribution in [0.25, 0.3) is 0 Å². The summed E-state index contributed by atoms with van der Waals surface area (Å²) in [4.78, 5) is 10.8. The molecule has 0 spiro atoms. The smallest absolute Gasteiger partial charge is 0.221 e. The molecule has 3 N–H and O–H groups in total. The molecule has 0 bridgehead atoms. The van der Waals surface area contributed by atoms with Gasteiger partial charge in [0.2, 0.25) is 5.91 Å². The first-order chi connectivity index (χ1) is 8.61. The van der Waals surface area contributed by atoms with E-state index in [0.717, 1.165) is 17.0 Å². The molecule has 0 unspecified atom stereocenters. The van der Waals surface area contributed by atoms with Gasteiger partial charge in [0.15, 0.2) is 5.17 Å². The molecular formula is C12H16N4OS. The predicted octanol–water partition coefficient (Wildman–Crippen LogP) is 2.05. The molecule has 1 amide bonds. The third-order valence-electron chi connectivity index (χ3n) is 1.89. The van der Waals surface area contributed by atoms with E-state index >= 15 is 0 Å². The van der Waals surface area contributed by atoms with Crippen molar-refractivity contribution in [2.45, 2.75) is 13.8 Å². The Labute approximate surface area is 111 Å². The number of nitrogens with one attached hydrogen (secondary N) is 1. The number of hydrogen-bond acceptors (Lipinski definition) is 4. The van der Waals surface area contributed by atoms with Crippen LogP contribution in [0.15, 0.2) is 34.5 Å². The molecule has 0 aliphatic carbocycles. The van der Waals surface area contributed by atoms with Crippen LogP contribution in [0.2, 0.25) is 0 Å². The third kappa shape index (κ3) is 5.49. The molecular weight excluding hydrogens is 248 g/mol. The lowest BCUT2D eigenvalue weighted by atomic mass is 10.2. The predicted molar refractivity (Wildman–Crippen MR) is 78.1 cm³/mol. The molecule has 1 rings (SSSR count). The van der Waals surface area contributed by atoms with E-state index in [4.69, 9.17) is 5.73 Å². The van der Waals surface area contributed by atoms with Crippen LogP contribution >= 0.6 is 11.8 Å². The highest BCUT2D eigenvalue weighted by atomic mass is 32.2. The van der Waals surface area contributed by atoms with Crippen LogP contribution in [0.3, 0.4) is 0 Å². The highest BCUT2D eigenvalue weighted by molar-refractivity contribution is 8.13. The van der Waals surface area contributed by atoms with E-state index in [9.17, 15) is 4.79 Å². The second-order valence-corrected chi connectivity index (χ2v) is 4.70. The zero-order valence-corrected chi connectivity index (χ0v) is 11.2. The largest absolute Gasteiger partial charge is 0.377 e. The average molecular weight is 264 g/mol. The van der Waals surface area contributed by atoms with Crippen molar-refractivity contribution in [3.05, 3.63) is 29.8 Å². The Hall–Kier alpha value is -1.82. The number of benzene rings is 1. The molecule has 1 aromatic rings. The van der Waals surface area contributed by atoms with Crippen molar-refractivity contribution in [1.29, 1.82) is 0 Å². The van der Waals surface area contributed by atoms with Crippen LogP contribution in [0.4, 0.5) is 5.69 Å². The molecule has 18 heavy (non-hydrogen) atoms. The fraction of sp³-hybridized carbons (Fsp3) is 0.250. The number of anilines is 1. The third-order valence-corrected chi connectivity index (χ3v) is 2.55. The lowest BCUT2D eigenvalue weighted by Gasteiger charge is -2.01. The molecule has 0 radical (unpaired) electrons. The number of carbonyl (C=O) groups is 1. The summed E-state index contributed by atoms with van der Waals surface area (Å²) < 4.78 is 0. The first-order valence-electron chi connectivity index (χ1n) is 5.48. The number of nitrogens with two attached hydrogens (primary N) is 1. The van der Waals surface area contributed by atoms with Crippen molar-refractivity contribution < 1.29 is 4.79 Å². The van der Waals surface area contributed by atoms with Gasteiger partial charge in [-0.2, -0.15) is 5.10 Å². The van der Waals surface area contributed by atoms with E-state index < -0.39 is 0 Å². The molecule has 1 aromatic carbocycles. The molecule has 0 fully saturated rings. The number of rotatable bonds is 4. The highest BCUT2D eigenvalue weighted by Gasteiger charge is 1.94. The lowest BCUT2D eigenvalue weighted by Crippen LogP contribution is -2.05. The zero-order valence-electron chi connectivity index (χ0n) is 10.4. The molecule has 0 saturated carbocycles. The second kappa shape index (κ2) is 7.50. The maximum Gasteiger partial charge on any atom is 0.221 e. The topological polar surface area (TPSA) is 79.8 Å². The van der Waals surface area contributed by atoms with Gasteiger partial charge in [-0.1, -0.05) is 30.8 Å². The van der Waals surface area contributed by atoms with E-state index in [1.165, 1.54) is 18.7 Å². The molecule has 0 heterocycles. The molecule has 0 aromatic heterocycles. The Bertz CT molecular complexity index is 454. The van der Waals surface area contributed by atoms with E-state index in [1.807, 2.05) is 19.1 Å². The Morgan fingerprint density at radius 1 is 1.44 bits per heavy atom. The van der Waals surface area contributed by atoms with E-state index in [2.05, 4.69) is 15.5 Å². The van der Waals surface area contributed by atoms with Crippen molar-refractivity contribution in [2.24, 2.45) is 15.9 Å². The first kappa shape index (κ1) is 14.2. The van der Waals surface area contributed by atoms with Crippen LogP contribution in [0.1, 0.15) is 19.4 Å². The van der Waals surface area contributed by atoms with Gasteiger partial charge >= 0.3 is 0 Å². The fourth-order valence-corrected chi connectivity index (χ4v) is 1.59. The second-order valence-electron chi connectivity index (χ2n) is 3.42. The van der Waals surface area contributed by atoms with Crippen molar-refractivity contribution in [2.75, 3.05) is 11.1 Å². The van der Waals surface area contributed by atoms with Gasteiger partial charge in [0.25, 0.3) is 0 Å². The van der Waals surface area contributed by atoms with E-state index in [-0.39, 0.29) is 5.91 Å². The Balaban J connectivity index is 2.60. The normalized spacial score (nSPS) is 11.8. The van der Waals surface area contributed by atoms with Crippen molar-refractivity contribution in [3.8, 4) is 0 Å². The van der Waals surface area contributed by atoms with Crippen LogP contribution in [-0.2, 0) is 4.79 Å². The van der Waals surface area contributed by atoms with Gasteiger partial charge in [0.1, 0.15) is 0 Å². The summed E-state index contributed by atoms with van der Waals surface area (Å²) >= 11 is 1.44. The van der Waals surface area contributed by atoms with Crippen LogP contribution < -0.4 is 11.1 Å². The minimum atomic E-state index is -0.0922. The van der Waals surface area contributed by atoms with Gasteiger partial charge in [0.05, 0.1) is 6.21 Å². The average Bonchev–Trinajstić information content (AvgIpc) is 2.31. The summed E-state index contributed by atoms with van der Waals surface area (Å²) in [6.45, 7) is 3.47. The van der Waals surface area contributed by atoms with Gasteiger partial charge in [-0.15, -0.1) is 5.10 Å². The summed E-state index contributed by atoms with van der Waals surface area (Å²) in [7, 11) is 0. The highest BCUT2D eigenvalue weighted by Crippen LogP contribution is 2.08. The Morgan fingerprint density at radius 3 is 2.67 bits per heavy atom. The molecule has 96 valence electrons. The molecule has 6 heteroatoms. The summed E-state index contributed by atoms with van der Waals surface area (Å²) in [6.07, 6.45) is 1.61. The summed E-state index contributed by atoms with van der Waals surface area (Å²) in [6, 6.07) is 7.29. The van der Waals surface area contributed by atoms with Crippen LogP contribution in [0, 0.1) is 0 Å². The van der Waals surface area contributed by atoms with Crippen LogP contribution in [-0.4, -0.2) is 23.0 Å². The number of nitrogens with zero attached hydrogens (tertiary/aromatic N) is 2. The number of amides is 1. The van der Waals surface area contributed by atoms with Crippen LogP contribution in [0.5, 0.6) is 0 Å². The van der Waals surface area contributed by atoms with Crippen molar-refractivity contribution in [3.63, 3.8) is 0 Å². The van der Waals surface area contributed by atoms with Gasteiger partial charge in [-0.05, 0) is 23.4 Å². The minimum absolute atomic E-state index is 0.0922. The lowest BCUT2D eigenvalue weighted by molar-refractivity contribution is -0.114. The number of carbonyl (C=O) groups excluding carboxylic acids is 1. The van der Waals surface area contributed by atoms with E-state index in [0.29, 0.717) is 5.17 Å². The maximum absolute atomic E-state index is 10.8. The van der Waals surface area contributed by atoms with Gasteiger partial charge in [-0.25, -0.2) is 0 Å². The number of hydrogen-bond donors (Lipinski definition) is 2. The summed E-state index contributed by atoms with van der Waals surface area (Å²) in [5, 5.41) is 10.9. The molecule has 0 saturated heterocycles. The molecule has 0 atom stereocenters. The molecule has 0 aliphatic heterocycles. The monoisotopic (exact) mass is 264 g/mol. The van der Waals surface area contributed by atoms with Gasteiger partial charge < -0.3 is 11.1 Å². The minimum Gasteiger partial charge on any atom is -0.377 e. The van der Waals surface area contributed by atoms with Crippen molar-refractivity contribution in [1.82, 2.24) is 0 Å². The Morgan fingerprint density at radius 2 is 2.11 bits per heavy atom. The zero-order chi connectivity index (χ0) is 13.4. The standard InChI is InChI=1S/C12H16N4OS/c1-3-18-12(13)16-14-8-10-4-6-11(7-5-10)15-9(2)17/h4-8H,3H2,1-2H3,(H2,13,16)(H,15,17)/b14-8+. The number of amidine groups is 1.